The Morgan fingerprint density at radius 2 is 1.88 bits per heavy atom. The van der Waals surface area contributed by atoms with Crippen LogP contribution in [0.2, 0.25) is 0 Å². The van der Waals surface area contributed by atoms with E-state index >= 15 is 0 Å². The number of carbonyl (C=O) groups is 1. The lowest BCUT2D eigenvalue weighted by molar-refractivity contribution is 0.0746. The van der Waals surface area contributed by atoms with Crippen molar-refractivity contribution in [1.29, 1.82) is 0 Å². The molecule has 1 fully saturated rings. The number of carbonyl (C=O) groups excluding carboxylic acids is 1. The molecule has 134 valence electrons. The number of aryl methyl sites for hydroxylation is 2. The lowest BCUT2D eigenvalue weighted by atomic mass is 10.1. The van der Waals surface area contributed by atoms with E-state index < -0.39 is 0 Å². The first-order chi connectivity index (χ1) is 12.5. The highest BCUT2D eigenvalue weighted by Gasteiger charge is 2.24. The van der Waals surface area contributed by atoms with Crippen LogP contribution < -0.4 is 4.90 Å². The van der Waals surface area contributed by atoms with Crippen molar-refractivity contribution < 1.29 is 9.18 Å². The van der Waals surface area contributed by atoms with Crippen molar-refractivity contribution in [3.8, 4) is 0 Å². The second-order valence-corrected chi connectivity index (χ2v) is 6.50. The molecule has 1 aliphatic rings. The van der Waals surface area contributed by atoms with Crippen molar-refractivity contribution in [2.75, 3.05) is 31.1 Å². The number of fused-ring (bicyclic) bond motifs is 1. The molecule has 0 saturated carbocycles. The Kier molecular flexibility index (Phi) is 4.02. The second-order valence-electron chi connectivity index (χ2n) is 6.50. The molecule has 0 spiro atoms. The van der Waals surface area contributed by atoms with E-state index in [1.54, 1.807) is 30.3 Å². The molecule has 1 saturated heterocycles. The predicted octanol–water partition coefficient (Wildman–Crippen LogP) is 1.84. The molecular formula is C18H19FN6O. The third-order valence-corrected chi connectivity index (χ3v) is 4.77. The molecule has 3 heterocycles. The van der Waals surface area contributed by atoms with Gasteiger partial charge < -0.3 is 9.80 Å². The smallest absolute Gasteiger partial charge is 0.256 e. The minimum atomic E-state index is -0.351. The first-order valence-corrected chi connectivity index (χ1v) is 8.51. The number of nitrogens with zero attached hydrogens (tertiary/aromatic N) is 6. The topological polar surface area (TPSA) is 66.6 Å². The van der Waals surface area contributed by atoms with E-state index in [2.05, 4.69) is 20.1 Å². The zero-order valence-corrected chi connectivity index (χ0v) is 14.7. The van der Waals surface area contributed by atoms with Gasteiger partial charge in [-0.2, -0.15) is 4.98 Å². The van der Waals surface area contributed by atoms with Crippen LogP contribution in [-0.4, -0.2) is 56.6 Å². The molecule has 3 aromatic rings. The number of halogens is 1. The molecule has 2 aromatic heterocycles. The van der Waals surface area contributed by atoms with Gasteiger partial charge in [-0.05, 0) is 31.5 Å². The highest BCUT2D eigenvalue weighted by molar-refractivity contribution is 5.94. The molecule has 0 bridgehead atoms. The molecular weight excluding hydrogens is 335 g/mol. The van der Waals surface area contributed by atoms with E-state index in [0.29, 0.717) is 43.1 Å². The Balaban J connectivity index is 1.47. The number of hydrogen-bond acceptors (Lipinski definition) is 5. The van der Waals surface area contributed by atoms with E-state index in [1.807, 2.05) is 17.4 Å². The van der Waals surface area contributed by atoms with E-state index in [-0.39, 0.29) is 11.7 Å². The van der Waals surface area contributed by atoms with Crippen molar-refractivity contribution in [2.24, 2.45) is 0 Å². The van der Waals surface area contributed by atoms with Gasteiger partial charge >= 0.3 is 0 Å². The molecule has 0 radical (unpaired) electrons. The fourth-order valence-corrected chi connectivity index (χ4v) is 3.15. The Hall–Kier alpha value is -3.03. The molecule has 1 aliphatic heterocycles. The van der Waals surface area contributed by atoms with Crippen LogP contribution in [0.15, 0.2) is 30.6 Å². The van der Waals surface area contributed by atoms with E-state index in [0.717, 1.165) is 11.5 Å². The number of hydrogen-bond donors (Lipinski definition) is 0. The van der Waals surface area contributed by atoms with Crippen molar-refractivity contribution in [2.45, 2.75) is 13.8 Å². The molecule has 4 rings (SSSR count). The zero-order valence-electron chi connectivity index (χ0n) is 14.7. The van der Waals surface area contributed by atoms with Gasteiger partial charge in [0, 0.05) is 43.5 Å². The third kappa shape index (κ3) is 2.87. The summed E-state index contributed by atoms with van der Waals surface area (Å²) in [5.74, 6) is 0.904. The van der Waals surface area contributed by atoms with Gasteiger partial charge in [0.1, 0.15) is 18.0 Å². The number of aromatic nitrogens is 4. The fraction of sp³-hybridized carbons (Fsp3) is 0.333. The number of amides is 1. The molecule has 0 atom stereocenters. The monoisotopic (exact) mass is 354 g/mol. The van der Waals surface area contributed by atoms with E-state index in [4.69, 9.17) is 0 Å². The number of anilines is 1. The summed E-state index contributed by atoms with van der Waals surface area (Å²) in [6.07, 6.45) is 1.64. The molecule has 7 nitrogen and oxygen atoms in total. The maximum atomic E-state index is 13.7. The van der Waals surface area contributed by atoms with Gasteiger partial charge in [-0.15, -0.1) is 10.2 Å². The van der Waals surface area contributed by atoms with Crippen LogP contribution in [0, 0.1) is 19.7 Å². The molecule has 0 aliphatic carbocycles. The van der Waals surface area contributed by atoms with Gasteiger partial charge in [0.15, 0.2) is 0 Å². The predicted molar refractivity (Wildman–Crippen MR) is 94.8 cm³/mol. The molecule has 26 heavy (non-hydrogen) atoms. The molecule has 8 heteroatoms. The van der Waals surface area contributed by atoms with Crippen molar-refractivity contribution in [1.82, 2.24) is 24.5 Å². The minimum Gasteiger partial charge on any atom is -0.353 e. The average Bonchev–Trinajstić information content (AvgIpc) is 3.13. The minimum absolute atomic E-state index is 0.138. The zero-order chi connectivity index (χ0) is 18.3. The summed E-state index contributed by atoms with van der Waals surface area (Å²) in [5, 5.41) is 7.89. The van der Waals surface area contributed by atoms with E-state index in [1.165, 1.54) is 6.07 Å². The van der Waals surface area contributed by atoms with Crippen molar-refractivity contribution >= 4 is 17.5 Å². The van der Waals surface area contributed by atoms with Gasteiger partial charge in [0.2, 0.25) is 0 Å². The Morgan fingerprint density at radius 1 is 1.12 bits per heavy atom. The van der Waals surface area contributed by atoms with Gasteiger partial charge in [-0.1, -0.05) is 6.07 Å². The summed E-state index contributed by atoms with van der Waals surface area (Å²) in [5.41, 5.74) is 1.93. The van der Waals surface area contributed by atoms with Gasteiger partial charge in [-0.3, -0.25) is 9.20 Å². The van der Waals surface area contributed by atoms with Crippen molar-refractivity contribution in [3.63, 3.8) is 0 Å². The highest BCUT2D eigenvalue weighted by atomic mass is 19.1. The Bertz CT molecular complexity index is 977. The van der Waals surface area contributed by atoms with Crippen LogP contribution >= 0.6 is 0 Å². The van der Waals surface area contributed by atoms with Crippen LogP contribution in [0.5, 0.6) is 0 Å². The lowest BCUT2D eigenvalue weighted by Gasteiger charge is -2.35. The Morgan fingerprint density at radius 3 is 2.62 bits per heavy atom. The Labute approximate surface area is 150 Å². The normalized spacial score (nSPS) is 14.9. The molecule has 1 aromatic carbocycles. The van der Waals surface area contributed by atoms with Crippen LogP contribution in [0.1, 0.15) is 21.6 Å². The summed E-state index contributed by atoms with van der Waals surface area (Å²) >= 11 is 0. The first kappa shape index (κ1) is 16.4. The maximum absolute atomic E-state index is 13.7. The second kappa shape index (κ2) is 6.36. The average molecular weight is 354 g/mol. The maximum Gasteiger partial charge on any atom is 0.256 e. The van der Waals surface area contributed by atoms with E-state index in [9.17, 15) is 9.18 Å². The van der Waals surface area contributed by atoms with Crippen LogP contribution in [-0.2, 0) is 0 Å². The van der Waals surface area contributed by atoms with Crippen molar-refractivity contribution in [3.05, 3.63) is 53.2 Å². The molecule has 0 unspecified atom stereocenters. The van der Waals surface area contributed by atoms with Gasteiger partial charge in [0.05, 0.1) is 0 Å². The number of piperazine rings is 1. The highest BCUT2D eigenvalue weighted by Crippen LogP contribution is 2.18. The summed E-state index contributed by atoms with van der Waals surface area (Å²) in [7, 11) is 0. The standard InChI is InChI=1S/C18H19FN6O/c1-12-3-4-14(10-15(12)19)17(26)24-7-5-23(6-8-24)16-9-13(2)25-11-20-22-18(25)21-16/h3-4,9-11H,5-8H2,1-2H3. The molecule has 0 N–H and O–H groups in total. The largest absolute Gasteiger partial charge is 0.353 e. The first-order valence-electron chi connectivity index (χ1n) is 8.51. The summed E-state index contributed by atoms with van der Waals surface area (Å²) in [4.78, 5) is 21.0. The van der Waals surface area contributed by atoms with Crippen LogP contribution in [0.25, 0.3) is 5.78 Å². The number of rotatable bonds is 2. The fourth-order valence-electron chi connectivity index (χ4n) is 3.15. The summed E-state index contributed by atoms with van der Waals surface area (Å²) in [6.45, 7) is 6.12. The third-order valence-electron chi connectivity index (χ3n) is 4.77. The van der Waals surface area contributed by atoms with Crippen LogP contribution in [0.3, 0.4) is 0 Å². The van der Waals surface area contributed by atoms with Crippen LogP contribution in [0.4, 0.5) is 10.2 Å². The molecule has 1 amide bonds. The van der Waals surface area contributed by atoms with Gasteiger partial charge in [0.25, 0.3) is 11.7 Å². The SMILES string of the molecule is Cc1ccc(C(=O)N2CCN(c3cc(C)n4cnnc4n3)CC2)cc1F. The summed E-state index contributed by atoms with van der Waals surface area (Å²) in [6, 6.07) is 6.62. The quantitative estimate of drug-likeness (QED) is 0.703. The summed E-state index contributed by atoms with van der Waals surface area (Å²) < 4.78 is 15.6. The lowest BCUT2D eigenvalue weighted by Crippen LogP contribution is -2.49. The van der Waals surface area contributed by atoms with Gasteiger partial charge in [-0.25, -0.2) is 4.39 Å². The number of benzene rings is 1.